The van der Waals surface area contributed by atoms with Crippen LogP contribution < -0.4 is 10.1 Å². The van der Waals surface area contributed by atoms with Gasteiger partial charge in [-0.05, 0) is 35.9 Å². The van der Waals surface area contributed by atoms with E-state index in [1.54, 1.807) is 12.1 Å². The molecule has 3 aromatic carbocycles. The van der Waals surface area contributed by atoms with Crippen LogP contribution in [0.4, 0.5) is 5.69 Å². The molecule has 0 radical (unpaired) electrons. The number of nitrogens with one attached hydrogen (secondary N) is 1. The smallest absolute Gasteiger partial charge is 0.337 e. The summed E-state index contributed by atoms with van der Waals surface area (Å²) in [6.07, 6.45) is 1.84. The summed E-state index contributed by atoms with van der Waals surface area (Å²) in [7, 11) is 1.35. The lowest BCUT2D eigenvalue weighted by atomic mass is 10.0. The Labute approximate surface area is 168 Å². The van der Waals surface area contributed by atoms with E-state index in [0.29, 0.717) is 23.5 Å². The van der Waals surface area contributed by atoms with E-state index in [1.165, 1.54) is 7.11 Å². The number of carbonyl (C=O) groups excluding carboxylic acids is 2. The van der Waals surface area contributed by atoms with Gasteiger partial charge in [0, 0.05) is 22.4 Å². The second-order valence-corrected chi connectivity index (χ2v) is 6.57. The lowest BCUT2D eigenvalue weighted by Crippen LogP contribution is -2.04. The van der Waals surface area contributed by atoms with Crippen molar-refractivity contribution in [3.05, 3.63) is 95.1 Å². The third-order valence-corrected chi connectivity index (χ3v) is 4.70. The van der Waals surface area contributed by atoms with Gasteiger partial charge in [0.05, 0.1) is 12.7 Å². The van der Waals surface area contributed by atoms with Gasteiger partial charge in [0.2, 0.25) is 0 Å². The highest BCUT2D eigenvalue weighted by atomic mass is 16.5. The van der Waals surface area contributed by atoms with E-state index in [-0.39, 0.29) is 11.9 Å². The van der Waals surface area contributed by atoms with Crippen molar-refractivity contribution in [1.29, 1.82) is 0 Å². The number of benzene rings is 3. The third kappa shape index (κ3) is 3.89. The predicted molar refractivity (Wildman–Crippen MR) is 111 cm³/mol. The van der Waals surface area contributed by atoms with Gasteiger partial charge in [-0.2, -0.15) is 0 Å². The molecule has 1 amide bonds. The van der Waals surface area contributed by atoms with Crippen LogP contribution >= 0.6 is 0 Å². The number of fused-ring (bicyclic) bond motifs is 1. The summed E-state index contributed by atoms with van der Waals surface area (Å²) in [5, 5.41) is 2.88. The van der Waals surface area contributed by atoms with E-state index in [2.05, 4.69) is 5.32 Å². The molecule has 1 aliphatic rings. The van der Waals surface area contributed by atoms with Crippen LogP contribution in [0.2, 0.25) is 0 Å². The molecule has 1 aliphatic heterocycles. The molecule has 5 heteroatoms. The SMILES string of the molecule is COC(=O)c1ccc(COc2ccccc2C=C2C(=O)Nc3ccccc32)cc1. The van der Waals surface area contributed by atoms with E-state index in [9.17, 15) is 9.59 Å². The molecule has 0 fully saturated rings. The van der Waals surface area contributed by atoms with Crippen LogP contribution in [0.15, 0.2) is 72.8 Å². The number of esters is 1. The lowest BCUT2D eigenvalue weighted by molar-refractivity contribution is -0.110. The van der Waals surface area contributed by atoms with Crippen molar-refractivity contribution in [3.8, 4) is 5.75 Å². The zero-order valence-electron chi connectivity index (χ0n) is 15.8. The Hall–Kier alpha value is -3.86. The molecule has 1 heterocycles. The minimum absolute atomic E-state index is 0.126. The Morgan fingerprint density at radius 3 is 2.48 bits per heavy atom. The average molecular weight is 385 g/mol. The Morgan fingerprint density at radius 1 is 0.966 bits per heavy atom. The van der Waals surface area contributed by atoms with Gasteiger partial charge in [0.15, 0.2) is 0 Å². The molecule has 144 valence electrons. The second kappa shape index (κ2) is 8.02. The van der Waals surface area contributed by atoms with E-state index in [0.717, 1.165) is 22.4 Å². The number of ether oxygens (including phenoxy) is 2. The van der Waals surface area contributed by atoms with Crippen LogP contribution in [-0.4, -0.2) is 19.0 Å². The van der Waals surface area contributed by atoms with E-state index in [1.807, 2.05) is 66.7 Å². The van der Waals surface area contributed by atoms with Crippen molar-refractivity contribution >= 4 is 29.2 Å². The lowest BCUT2D eigenvalue weighted by Gasteiger charge is -2.10. The van der Waals surface area contributed by atoms with Crippen LogP contribution in [0.1, 0.15) is 27.0 Å². The normalized spacial score (nSPS) is 13.7. The standard InChI is InChI=1S/C24H19NO4/c1-28-24(27)17-12-10-16(11-13-17)15-29-22-9-5-2-6-18(22)14-20-19-7-3-4-8-21(19)25-23(20)26/h2-14H,15H2,1H3,(H,25,26). The topological polar surface area (TPSA) is 64.6 Å². The zero-order valence-corrected chi connectivity index (χ0v) is 15.8. The zero-order chi connectivity index (χ0) is 20.2. The van der Waals surface area contributed by atoms with Crippen LogP contribution in [0.25, 0.3) is 11.6 Å². The quantitative estimate of drug-likeness (QED) is 0.517. The summed E-state index contributed by atoms with van der Waals surface area (Å²) >= 11 is 0. The summed E-state index contributed by atoms with van der Waals surface area (Å²) in [4.78, 5) is 23.9. The fraction of sp³-hybridized carbons (Fsp3) is 0.0833. The number of rotatable bonds is 5. The van der Waals surface area contributed by atoms with Gasteiger partial charge in [-0.1, -0.05) is 48.5 Å². The van der Waals surface area contributed by atoms with Crippen LogP contribution in [0, 0.1) is 0 Å². The van der Waals surface area contributed by atoms with Crippen molar-refractivity contribution in [2.24, 2.45) is 0 Å². The van der Waals surface area contributed by atoms with Gasteiger partial charge in [-0.3, -0.25) is 4.79 Å². The molecular weight excluding hydrogens is 366 g/mol. The maximum atomic E-state index is 12.4. The minimum Gasteiger partial charge on any atom is -0.488 e. The predicted octanol–water partition coefficient (Wildman–Crippen LogP) is 4.54. The van der Waals surface area contributed by atoms with E-state index >= 15 is 0 Å². The first-order valence-electron chi connectivity index (χ1n) is 9.17. The Kier molecular flexibility index (Phi) is 5.12. The molecule has 4 rings (SSSR count). The van der Waals surface area contributed by atoms with E-state index in [4.69, 9.17) is 9.47 Å². The molecule has 0 unspecified atom stereocenters. The van der Waals surface area contributed by atoms with Crippen LogP contribution in [-0.2, 0) is 16.1 Å². The number of para-hydroxylation sites is 2. The maximum Gasteiger partial charge on any atom is 0.337 e. The molecular formula is C24H19NO4. The number of amides is 1. The summed E-state index contributed by atoms with van der Waals surface area (Å²) < 4.78 is 10.7. The second-order valence-electron chi connectivity index (χ2n) is 6.57. The van der Waals surface area contributed by atoms with Crippen molar-refractivity contribution in [3.63, 3.8) is 0 Å². The highest BCUT2D eigenvalue weighted by Gasteiger charge is 2.23. The monoisotopic (exact) mass is 385 g/mol. The Balaban J connectivity index is 1.55. The molecule has 0 saturated carbocycles. The number of methoxy groups -OCH3 is 1. The third-order valence-electron chi connectivity index (χ3n) is 4.70. The van der Waals surface area contributed by atoms with Gasteiger partial charge >= 0.3 is 5.97 Å². The average Bonchev–Trinajstić information content (AvgIpc) is 3.08. The number of carbonyl (C=O) groups is 2. The number of anilines is 1. The molecule has 0 atom stereocenters. The van der Waals surface area contributed by atoms with Crippen molar-refractivity contribution in [2.45, 2.75) is 6.61 Å². The van der Waals surface area contributed by atoms with Gasteiger partial charge in [-0.15, -0.1) is 0 Å². The summed E-state index contributed by atoms with van der Waals surface area (Å²) in [6.45, 7) is 0.338. The fourth-order valence-corrected chi connectivity index (χ4v) is 3.18. The summed E-state index contributed by atoms with van der Waals surface area (Å²) in [6, 6.07) is 22.3. The van der Waals surface area contributed by atoms with Gasteiger partial charge < -0.3 is 14.8 Å². The number of hydrogen-bond donors (Lipinski definition) is 1. The highest BCUT2D eigenvalue weighted by molar-refractivity contribution is 6.35. The molecule has 0 bridgehead atoms. The highest BCUT2D eigenvalue weighted by Crippen LogP contribution is 2.34. The molecule has 0 aromatic heterocycles. The first-order valence-corrected chi connectivity index (χ1v) is 9.17. The number of hydrogen-bond acceptors (Lipinski definition) is 4. The summed E-state index contributed by atoms with van der Waals surface area (Å²) in [5.74, 6) is 0.179. The molecule has 3 aromatic rings. The molecule has 0 saturated heterocycles. The molecule has 1 N–H and O–H groups in total. The molecule has 0 aliphatic carbocycles. The van der Waals surface area contributed by atoms with Crippen LogP contribution in [0.5, 0.6) is 5.75 Å². The van der Waals surface area contributed by atoms with Crippen molar-refractivity contribution in [1.82, 2.24) is 0 Å². The Bertz CT molecular complexity index is 1100. The van der Waals surface area contributed by atoms with Crippen molar-refractivity contribution < 1.29 is 19.1 Å². The molecule has 0 spiro atoms. The van der Waals surface area contributed by atoms with E-state index < -0.39 is 0 Å². The van der Waals surface area contributed by atoms with Crippen LogP contribution in [0.3, 0.4) is 0 Å². The van der Waals surface area contributed by atoms with Gasteiger partial charge in [-0.25, -0.2) is 4.79 Å². The van der Waals surface area contributed by atoms with Gasteiger partial charge in [0.1, 0.15) is 12.4 Å². The fourth-order valence-electron chi connectivity index (χ4n) is 3.18. The first-order chi connectivity index (χ1) is 14.2. The molecule has 29 heavy (non-hydrogen) atoms. The summed E-state index contributed by atoms with van der Waals surface area (Å²) in [5.41, 5.74) is 4.54. The Morgan fingerprint density at radius 2 is 1.69 bits per heavy atom. The maximum absolute atomic E-state index is 12.4. The minimum atomic E-state index is -0.371. The largest absolute Gasteiger partial charge is 0.488 e. The van der Waals surface area contributed by atoms with Crippen molar-refractivity contribution in [2.75, 3.05) is 12.4 Å². The first kappa shape index (κ1) is 18.5. The molecule has 5 nitrogen and oxygen atoms in total. The van der Waals surface area contributed by atoms with Gasteiger partial charge in [0.25, 0.3) is 5.91 Å².